The average molecular weight is 396 g/mol. The van der Waals surface area contributed by atoms with Crippen molar-refractivity contribution in [1.29, 1.82) is 0 Å². The Hall–Kier alpha value is -3.35. The summed E-state index contributed by atoms with van der Waals surface area (Å²) in [5, 5.41) is 2.76. The number of nitrogens with one attached hydrogen (secondary N) is 1. The predicted octanol–water partition coefficient (Wildman–Crippen LogP) is 2.27. The highest BCUT2D eigenvalue weighted by molar-refractivity contribution is 5.99. The van der Waals surface area contributed by atoms with Gasteiger partial charge in [0.05, 0.1) is 18.7 Å². The molecule has 29 heavy (non-hydrogen) atoms. The summed E-state index contributed by atoms with van der Waals surface area (Å²) in [5.74, 6) is -0.581. The molecule has 0 saturated carbocycles. The van der Waals surface area contributed by atoms with Gasteiger partial charge in [-0.2, -0.15) is 0 Å². The number of fused-ring (bicyclic) bond motifs is 1. The van der Waals surface area contributed by atoms with Crippen molar-refractivity contribution in [3.8, 4) is 5.75 Å². The van der Waals surface area contributed by atoms with Crippen LogP contribution in [0.4, 0.5) is 5.69 Å². The Morgan fingerprint density at radius 1 is 1.14 bits per heavy atom. The first-order valence-corrected chi connectivity index (χ1v) is 9.54. The summed E-state index contributed by atoms with van der Waals surface area (Å²) in [6, 6.07) is 16.8. The molecule has 7 heteroatoms. The van der Waals surface area contributed by atoms with Crippen molar-refractivity contribution in [2.24, 2.45) is 0 Å². The standard InChI is InChI=1S/C22H24N2O5/c1-16(17-7-3-2-4-8-17)13-23-20(25)15-29-22(27)14-24-18-9-5-6-10-19(18)28-12-11-21(24)26/h2-10,16H,11-15H2,1H3,(H,23,25)/t16-/m1/s1. The van der Waals surface area contributed by atoms with Gasteiger partial charge in [0.1, 0.15) is 12.3 Å². The van der Waals surface area contributed by atoms with Crippen molar-refractivity contribution < 1.29 is 23.9 Å². The number of anilines is 1. The van der Waals surface area contributed by atoms with Gasteiger partial charge in [0.15, 0.2) is 6.61 Å². The fraction of sp³-hybridized carbons (Fsp3) is 0.318. The number of rotatable bonds is 7. The molecular weight excluding hydrogens is 372 g/mol. The number of esters is 1. The second kappa shape index (κ2) is 9.73. The third kappa shape index (κ3) is 5.57. The molecule has 7 nitrogen and oxygen atoms in total. The van der Waals surface area contributed by atoms with E-state index < -0.39 is 5.97 Å². The molecule has 1 N–H and O–H groups in total. The monoisotopic (exact) mass is 396 g/mol. The van der Waals surface area contributed by atoms with Crippen LogP contribution < -0.4 is 15.0 Å². The van der Waals surface area contributed by atoms with Gasteiger partial charge >= 0.3 is 5.97 Å². The molecule has 3 rings (SSSR count). The van der Waals surface area contributed by atoms with E-state index in [1.54, 1.807) is 24.3 Å². The third-order valence-corrected chi connectivity index (χ3v) is 4.66. The van der Waals surface area contributed by atoms with Gasteiger partial charge in [0.2, 0.25) is 5.91 Å². The van der Waals surface area contributed by atoms with Crippen LogP contribution in [0.25, 0.3) is 0 Å². The number of hydrogen-bond donors (Lipinski definition) is 1. The number of amides is 2. The first-order valence-electron chi connectivity index (χ1n) is 9.54. The Kier molecular flexibility index (Phi) is 6.84. The van der Waals surface area contributed by atoms with Crippen LogP contribution in [0.5, 0.6) is 5.75 Å². The topological polar surface area (TPSA) is 84.9 Å². The Balaban J connectivity index is 1.48. The zero-order chi connectivity index (χ0) is 20.6. The van der Waals surface area contributed by atoms with Crippen LogP contribution >= 0.6 is 0 Å². The first kappa shape index (κ1) is 20.4. The molecule has 1 atom stereocenters. The lowest BCUT2D eigenvalue weighted by molar-refractivity contribution is -0.147. The first-order chi connectivity index (χ1) is 14.0. The van der Waals surface area contributed by atoms with Crippen molar-refractivity contribution in [1.82, 2.24) is 5.32 Å². The summed E-state index contributed by atoms with van der Waals surface area (Å²) < 4.78 is 10.6. The van der Waals surface area contributed by atoms with Gasteiger partial charge < -0.3 is 14.8 Å². The third-order valence-electron chi connectivity index (χ3n) is 4.66. The summed E-state index contributed by atoms with van der Waals surface area (Å²) in [4.78, 5) is 37.9. The smallest absolute Gasteiger partial charge is 0.326 e. The number of ether oxygens (including phenoxy) is 2. The van der Waals surface area contributed by atoms with E-state index in [9.17, 15) is 14.4 Å². The average Bonchev–Trinajstić information content (AvgIpc) is 2.90. The molecule has 0 fully saturated rings. The van der Waals surface area contributed by atoms with Gasteiger partial charge in [-0.1, -0.05) is 49.4 Å². The maximum atomic E-state index is 12.3. The molecule has 1 aliphatic rings. The van der Waals surface area contributed by atoms with E-state index in [1.165, 1.54) is 4.90 Å². The summed E-state index contributed by atoms with van der Waals surface area (Å²) in [7, 11) is 0. The van der Waals surface area contributed by atoms with E-state index >= 15 is 0 Å². The van der Waals surface area contributed by atoms with E-state index in [0.29, 0.717) is 18.0 Å². The van der Waals surface area contributed by atoms with Crippen LogP contribution in [0.15, 0.2) is 54.6 Å². The number of benzene rings is 2. The molecule has 0 radical (unpaired) electrons. The molecule has 1 aliphatic heterocycles. The number of hydrogen-bond acceptors (Lipinski definition) is 5. The quantitative estimate of drug-likeness (QED) is 0.726. The van der Waals surface area contributed by atoms with Crippen LogP contribution in [0.3, 0.4) is 0 Å². The summed E-state index contributed by atoms with van der Waals surface area (Å²) >= 11 is 0. The molecule has 0 aliphatic carbocycles. The fourth-order valence-corrected chi connectivity index (χ4v) is 3.03. The van der Waals surface area contributed by atoms with Crippen molar-refractivity contribution in [2.75, 3.05) is 31.2 Å². The second-order valence-corrected chi connectivity index (χ2v) is 6.82. The predicted molar refractivity (Wildman–Crippen MR) is 108 cm³/mol. The van der Waals surface area contributed by atoms with Gasteiger partial charge in [0, 0.05) is 6.54 Å². The summed E-state index contributed by atoms with van der Waals surface area (Å²) in [6.07, 6.45) is 0.166. The summed E-state index contributed by atoms with van der Waals surface area (Å²) in [6.45, 7) is 2.04. The molecule has 0 spiro atoms. The lowest BCUT2D eigenvalue weighted by atomic mass is 10.0. The summed E-state index contributed by atoms with van der Waals surface area (Å²) in [5.41, 5.74) is 1.64. The minimum Gasteiger partial charge on any atom is -0.491 e. The number of carbonyl (C=O) groups excluding carboxylic acids is 3. The molecule has 0 aromatic heterocycles. The van der Waals surface area contributed by atoms with Crippen molar-refractivity contribution in [3.63, 3.8) is 0 Å². The van der Waals surface area contributed by atoms with E-state index in [4.69, 9.17) is 9.47 Å². The van der Waals surface area contributed by atoms with Crippen molar-refractivity contribution in [2.45, 2.75) is 19.3 Å². The maximum Gasteiger partial charge on any atom is 0.326 e. The molecular formula is C22H24N2O5. The Bertz CT molecular complexity index is 869. The highest BCUT2D eigenvalue weighted by Crippen LogP contribution is 2.30. The van der Waals surface area contributed by atoms with Gasteiger partial charge in [-0.3, -0.25) is 19.3 Å². The minimum atomic E-state index is -0.652. The zero-order valence-electron chi connectivity index (χ0n) is 16.3. The van der Waals surface area contributed by atoms with Gasteiger partial charge in [0.25, 0.3) is 5.91 Å². The maximum absolute atomic E-state index is 12.3. The number of para-hydroxylation sites is 2. The molecule has 2 aromatic carbocycles. The second-order valence-electron chi connectivity index (χ2n) is 6.82. The SMILES string of the molecule is C[C@H](CNC(=O)COC(=O)CN1C(=O)CCOc2ccccc21)c1ccccc1. The van der Waals surface area contributed by atoms with Crippen molar-refractivity contribution in [3.05, 3.63) is 60.2 Å². The van der Waals surface area contributed by atoms with Crippen LogP contribution in [0.2, 0.25) is 0 Å². The normalized spacial score (nSPS) is 14.2. The lowest BCUT2D eigenvalue weighted by Gasteiger charge is -2.20. The Morgan fingerprint density at radius 3 is 2.66 bits per heavy atom. The largest absolute Gasteiger partial charge is 0.491 e. The lowest BCUT2D eigenvalue weighted by Crippen LogP contribution is -2.38. The minimum absolute atomic E-state index is 0.141. The van der Waals surface area contributed by atoms with E-state index in [1.807, 2.05) is 37.3 Å². The van der Waals surface area contributed by atoms with E-state index in [0.717, 1.165) is 5.56 Å². The fourth-order valence-electron chi connectivity index (χ4n) is 3.03. The van der Waals surface area contributed by atoms with Crippen molar-refractivity contribution >= 4 is 23.5 Å². The molecule has 0 unspecified atom stereocenters. The van der Waals surface area contributed by atoms with E-state index in [2.05, 4.69) is 5.32 Å². The molecule has 1 heterocycles. The molecule has 0 saturated heterocycles. The highest BCUT2D eigenvalue weighted by atomic mass is 16.5. The molecule has 152 valence electrons. The molecule has 0 bridgehead atoms. The van der Waals surface area contributed by atoms with Crippen LogP contribution in [-0.4, -0.2) is 44.1 Å². The van der Waals surface area contributed by atoms with Gasteiger partial charge in [-0.15, -0.1) is 0 Å². The van der Waals surface area contributed by atoms with Crippen LogP contribution in [0, 0.1) is 0 Å². The van der Waals surface area contributed by atoms with E-state index in [-0.39, 0.29) is 43.9 Å². The molecule has 2 amide bonds. The van der Waals surface area contributed by atoms with Crippen LogP contribution in [-0.2, 0) is 19.1 Å². The number of nitrogens with zero attached hydrogens (tertiary/aromatic N) is 1. The highest BCUT2D eigenvalue weighted by Gasteiger charge is 2.25. The van der Waals surface area contributed by atoms with Crippen LogP contribution in [0.1, 0.15) is 24.8 Å². The van der Waals surface area contributed by atoms with Gasteiger partial charge in [-0.25, -0.2) is 0 Å². The molecule has 2 aromatic rings. The van der Waals surface area contributed by atoms with Gasteiger partial charge in [-0.05, 0) is 23.6 Å². The Labute approximate surface area is 169 Å². The Morgan fingerprint density at radius 2 is 1.86 bits per heavy atom. The number of carbonyl (C=O) groups is 3. The zero-order valence-corrected chi connectivity index (χ0v) is 16.3.